The van der Waals surface area contributed by atoms with Gasteiger partial charge < -0.3 is 4.74 Å². The van der Waals surface area contributed by atoms with Crippen molar-refractivity contribution in [2.45, 2.75) is 25.9 Å². The van der Waals surface area contributed by atoms with Crippen LogP contribution in [-0.4, -0.2) is 23.6 Å². The summed E-state index contributed by atoms with van der Waals surface area (Å²) in [6.07, 6.45) is 2.62. The Morgan fingerprint density at radius 3 is 3.10 bits per heavy atom. The summed E-state index contributed by atoms with van der Waals surface area (Å²) < 4.78 is 5.33. The molecule has 0 aromatic carbocycles. The molecule has 0 N–H and O–H groups in total. The predicted octanol–water partition coefficient (Wildman–Crippen LogP) is 1.45. The van der Waals surface area contributed by atoms with E-state index >= 15 is 0 Å². The largest absolute Gasteiger partial charge is 0.377 e. The molecule has 0 aromatic heterocycles. The Kier molecular flexibility index (Phi) is 3.22. The average Bonchev–Trinajstić information content (AvgIpc) is 2.34. The van der Waals surface area contributed by atoms with Crippen molar-refractivity contribution in [3.8, 4) is 0 Å². The normalized spacial score (nSPS) is 25.1. The van der Waals surface area contributed by atoms with E-state index < -0.39 is 0 Å². The fourth-order valence-corrected chi connectivity index (χ4v) is 1.67. The van der Waals surface area contributed by atoms with E-state index in [2.05, 4.69) is 0 Å². The Balaban J connectivity index is 2.07. The lowest BCUT2D eigenvalue weighted by molar-refractivity contribution is -0.109. The maximum absolute atomic E-state index is 10.5. The highest BCUT2D eigenvalue weighted by Crippen LogP contribution is 2.16. The summed E-state index contributed by atoms with van der Waals surface area (Å²) in [5.74, 6) is 0.843. The molecule has 1 heterocycles. The van der Waals surface area contributed by atoms with E-state index in [1.165, 1.54) is 11.8 Å². The van der Waals surface area contributed by atoms with E-state index in [0.717, 1.165) is 25.2 Å². The second kappa shape index (κ2) is 3.98. The SMILES string of the molecule is CC(=O)SCC1CCCO1. The zero-order valence-electron chi connectivity index (χ0n) is 6.13. The molecular weight excluding hydrogens is 148 g/mol. The number of carbonyl (C=O) groups excluding carboxylic acids is 1. The Bertz CT molecular complexity index is 119. The van der Waals surface area contributed by atoms with Crippen LogP contribution < -0.4 is 0 Å². The van der Waals surface area contributed by atoms with Gasteiger partial charge in [-0.1, -0.05) is 11.8 Å². The van der Waals surface area contributed by atoms with Gasteiger partial charge in [0, 0.05) is 19.3 Å². The van der Waals surface area contributed by atoms with Crippen LogP contribution in [0.15, 0.2) is 0 Å². The van der Waals surface area contributed by atoms with Crippen LogP contribution in [0.4, 0.5) is 0 Å². The van der Waals surface area contributed by atoms with E-state index in [1.807, 2.05) is 0 Å². The van der Waals surface area contributed by atoms with Crippen molar-refractivity contribution in [3.05, 3.63) is 0 Å². The summed E-state index contributed by atoms with van der Waals surface area (Å²) in [5.41, 5.74) is 0. The van der Waals surface area contributed by atoms with Crippen molar-refractivity contribution >= 4 is 16.9 Å². The van der Waals surface area contributed by atoms with E-state index in [-0.39, 0.29) is 5.12 Å². The van der Waals surface area contributed by atoms with Crippen LogP contribution in [0.25, 0.3) is 0 Å². The standard InChI is InChI=1S/C7H12O2S/c1-6(8)10-5-7-3-2-4-9-7/h7H,2-5H2,1H3. The number of hydrogen-bond acceptors (Lipinski definition) is 3. The van der Waals surface area contributed by atoms with Crippen LogP contribution in [-0.2, 0) is 9.53 Å². The summed E-state index contributed by atoms with van der Waals surface area (Å²) in [5, 5.41) is 0.190. The minimum Gasteiger partial charge on any atom is -0.377 e. The first-order chi connectivity index (χ1) is 4.79. The first-order valence-corrected chi connectivity index (χ1v) is 4.52. The van der Waals surface area contributed by atoms with Crippen LogP contribution >= 0.6 is 11.8 Å². The Morgan fingerprint density at radius 2 is 2.60 bits per heavy atom. The minimum atomic E-state index is 0.190. The highest BCUT2D eigenvalue weighted by molar-refractivity contribution is 8.13. The number of carbonyl (C=O) groups is 1. The van der Waals surface area contributed by atoms with E-state index in [1.54, 1.807) is 6.92 Å². The molecule has 1 atom stereocenters. The Labute approximate surface area is 65.3 Å². The van der Waals surface area contributed by atoms with Gasteiger partial charge in [-0.2, -0.15) is 0 Å². The molecule has 3 heteroatoms. The summed E-state index contributed by atoms with van der Waals surface area (Å²) in [7, 11) is 0. The molecule has 1 unspecified atom stereocenters. The van der Waals surface area contributed by atoms with Crippen LogP contribution in [0.5, 0.6) is 0 Å². The highest BCUT2D eigenvalue weighted by Gasteiger charge is 2.15. The average molecular weight is 160 g/mol. The van der Waals surface area contributed by atoms with Crippen LogP contribution in [0.2, 0.25) is 0 Å². The van der Waals surface area contributed by atoms with E-state index in [4.69, 9.17) is 4.74 Å². The Morgan fingerprint density at radius 1 is 1.80 bits per heavy atom. The number of rotatable bonds is 2. The summed E-state index contributed by atoms with van der Waals surface area (Å²) in [6, 6.07) is 0. The first kappa shape index (κ1) is 8.08. The molecule has 0 saturated carbocycles. The molecule has 1 saturated heterocycles. The van der Waals surface area contributed by atoms with Crippen LogP contribution in [0.1, 0.15) is 19.8 Å². The third-order valence-corrected chi connectivity index (χ3v) is 2.44. The van der Waals surface area contributed by atoms with Crippen molar-refractivity contribution < 1.29 is 9.53 Å². The third-order valence-electron chi connectivity index (χ3n) is 1.50. The highest BCUT2D eigenvalue weighted by atomic mass is 32.2. The van der Waals surface area contributed by atoms with Gasteiger partial charge in [0.1, 0.15) is 0 Å². The van der Waals surface area contributed by atoms with E-state index in [0.29, 0.717) is 6.10 Å². The van der Waals surface area contributed by atoms with Gasteiger partial charge in [-0.15, -0.1) is 0 Å². The molecule has 0 spiro atoms. The quantitative estimate of drug-likeness (QED) is 0.611. The Hall–Kier alpha value is -0.0200. The number of thioether (sulfide) groups is 1. The summed E-state index contributed by atoms with van der Waals surface area (Å²) in [4.78, 5) is 10.5. The van der Waals surface area contributed by atoms with Crippen molar-refractivity contribution in [1.82, 2.24) is 0 Å². The van der Waals surface area contributed by atoms with Crippen molar-refractivity contribution in [2.75, 3.05) is 12.4 Å². The molecule has 1 rings (SSSR count). The zero-order valence-corrected chi connectivity index (χ0v) is 6.95. The van der Waals surface area contributed by atoms with Gasteiger partial charge >= 0.3 is 0 Å². The molecular formula is C7H12O2S. The molecule has 0 radical (unpaired) electrons. The number of ether oxygens (including phenoxy) is 1. The maximum Gasteiger partial charge on any atom is 0.185 e. The zero-order chi connectivity index (χ0) is 7.40. The predicted molar refractivity (Wildman–Crippen MR) is 42.1 cm³/mol. The van der Waals surface area contributed by atoms with Gasteiger partial charge in [0.15, 0.2) is 5.12 Å². The monoisotopic (exact) mass is 160 g/mol. The van der Waals surface area contributed by atoms with Crippen molar-refractivity contribution in [2.24, 2.45) is 0 Å². The molecule has 0 aliphatic carbocycles. The molecule has 2 nitrogen and oxygen atoms in total. The second-order valence-corrected chi connectivity index (χ2v) is 3.63. The molecule has 0 bridgehead atoms. The van der Waals surface area contributed by atoms with Gasteiger partial charge in [0.2, 0.25) is 0 Å². The molecule has 1 aliphatic heterocycles. The van der Waals surface area contributed by atoms with Crippen LogP contribution in [0, 0.1) is 0 Å². The topological polar surface area (TPSA) is 26.3 Å². The van der Waals surface area contributed by atoms with E-state index in [9.17, 15) is 4.79 Å². The van der Waals surface area contributed by atoms with Gasteiger partial charge in [0.25, 0.3) is 0 Å². The van der Waals surface area contributed by atoms with Gasteiger partial charge in [-0.3, -0.25) is 4.79 Å². The first-order valence-electron chi connectivity index (χ1n) is 3.54. The fraction of sp³-hybridized carbons (Fsp3) is 0.857. The number of hydrogen-bond donors (Lipinski definition) is 0. The lowest BCUT2D eigenvalue weighted by Gasteiger charge is -2.05. The lowest BCUT2D eigenvalue weighted by atomic mass is 10.3. The minimum absolute atomic E-state index is 0.190. The van der Waals surface area contributed by atoms with Gasteiger partial charge in [-0.05, 0) is 12.8 Å². The smallest absolute Gasteiger partial charge is 0.185 e. The van der Waals surface area contributed by atoms with Crippen molar-refractivity contribution in [3.63, 3.8) is 0 Å². The molecule has 1 aliphatic rings. The van der Waals surface area contributed by atoms with Crippen LogP contribution in [0.3, 0.4) is 0 Å². The molecule has 58 valence electrons. The lowest BCUT2D eigenvalue weighted by Crippen LogP contribution is -2.08. The second-order valence-electron chi connectivity index (χ2n) is 2.44. The summed E-state index contributed by atoms with van der Waals surface area (Å²) in [6.45, 7) is 2.47. The van der Waals surface area contributed by atoms with Gasteiger partial charge in [-0.25, -0.2) is 0 Å². The molecule has 0 amide bonds. The molecule has 10 heavy (non-hydrogen) atoms. The summed E-state index contributed by atoms with van der Waals surface area (Å²) >= 11 is 1.36. The third kappa shape index (κ3) is 2.71. The van der Waals surface area contributed by atoms with Crippen molar-refractivity contribution in [1.29, 1.82) is 0 Å². The fourth-order valence-electron chi connectivity index (χ4n) is 0.986. The molecule has 0 aromatic rings. The van der Waals surface area contributed by atoms with Gasteiger partial charge in [0.05, 0.1) is 6.10 Å². The molecule has 1 fully saturated rings. The maximum atomic E-state index is 10.5.